The Kier molecular flexibility index (Phi) is 6.10. The maximum absolute atomic E-state index is 13.4. The molecule has 2 aliphatic rings. The average Bonchev–Trinajstić information content (AvgIpc) is 2.72. The van der Waals surface area contributed by atoms with Gasteiger partial charge in [-0.15, -0.1) is 0 Å². The molecule has 3 rings (SSSR count). The van der Waals surface area contributed by atoms with Gasteiger partial charge < -0.3 is 14.5 Å². The van der Waals surface area contributed by atoms with Crippen molar-refractivity contribution in [1.82, 2.24) is 14.8 Å². The van der Waals surface area contributed by atoms with Crippen LogP contribution in [0, 0.1) is 5.41 Å². The molecule has 1 spiro atoms. The van der Waals surface area contributed by atoms with E-state index in [1.54, 1.807) is 22.2 Å². The number of pyridine rings is 1. The van der Waals surface area contributed by atoms with E-state index in [0.717, 1.165) is 11.3 Å². The van der Waals surface area contributed by atoms with Crippen molar-refractivity contribution in [2.24, 2.45) is 10.4 Å². The normalized spacial score (nSPS) is 21.7. The number of hydrogen-bond donors (Lipinski definition) is 0. The minimum Gasteiger partial charge on any atom is -0.444 e. The van der Waals surface area contributed by atoms with Crippen molar-refractivity contribution in [3.63, 3.8) is 0 Å². The molecule has 2 amide bonds. The van der Waals surface area contributed by atoms with Crippen molar-refractivity contribution < 1.29 is 14.3 Å². The Morgan fingerprint density at radius 1 is 1.37 bits per heavy atom. The summed E-state index contributed by atoms with van der Waals surface area (Å²) in [6.07, 6.45) is 9.33. The standard InChI is InChI=1S/C23H30N4O3/c1-6-18(16-24-7-2)27-19(17-9-8-12-25-15-17)23(20(27)28)10-13-26(14-11-23)21(29)30-22(3,4)5/h6-9,12,15-16,19H,2,10-11,13-14H2,1,3-5H3/b18-6+,24-16?. The summed E-state index contributed by atoms with van der Waals surface area (Å²) in [5, 5.41) is 0. The summed E-state index contributed by atoms with van der Waals surface area (Å²) in [6.45, 7) is 12.0. The van der Waals surface area contributed by atoms with Crippen molar-refractivity contribution in [3.8, 4) is 0 Å². The van der Waals surface area contributed by atoms with Gasteiger partial charge in [-0.25, -0.2) is 4.79 Å². The second-order valence-corrected chi connectivity index (χ2v) is 8.66. The summed E-state index contributed by atoms with van der Waals surface area (Å²) in [5.74, 6) is 0.0591. The van der Waals surface area contributed by atoms with Crippen LogP contribution in [0.1, 0.15) is 52.1 Å². The van der Waals surface area contributed by atoms with Gasteiger partial charge >= 0.3 is 6.09 Å². The minimum atomic E-state index is -0.558. The second kappa shape index (κ2) is 8.42. The van der Waals surface area contributed by atoms with E-state index in [0.29, 0.717) is 25.9 Å². The van der Waals surface area contributed by atoms with Crippen LogP contribution in [0.5, 0.6) is 0 Å². The van der Waals surface area contributed by atoms with Crippen LogP contribution in [0.25, 0.3) is 0 Å². The summed E-state index contributed by atoms with van der Waals surface area (Å²) in [5.41, 5.74) is 0.611. The molecule has 0 N–H and O–H groups in total. The molecular formula is C23H30N4O3. The molecule has 0 saturated carbocycles. The predicted octanol–water partition coefficient (Wildman–Crippen LogP) is 4.10. The van der Waals surface area contributed by atoms with E-state index in [4.69, 9.17) is 4.74 Å². The lowest BCUT2D eigenvalue weighted by atomic mass is 9.62. The van der Waals surface area contributed by atoms with E-state index in [1.165, 1.54) is 6.20 Å². The van der Waals surface area contributed by atoms with Crippen molar-refractivity contribution in [2.75, 3.05) is 13.1 Å². The third-order valence-corrected chi connectivity index (χ3v) is 5.62. The molecule has 1 atom stereocenters. The number of β-lactam (4-membered cyclic amide) rings is 1. The molecule has 0 aliphatic carbocycles. The summed E-state index contributed by atoms with van der Waals surface area (Å²) in [7, 11) is 0. The smallest absolute Gasteiger partial charge is 0.410 e. The number of nitrogens with zero attached hydrogens (tertiary/aromatic N) is 4. The molecule has 2 fully saturated rings. The summed E-state index contributed by atoms with van der Waals surface area (Å²) in [4.78, 5) is 37.7. The summed E-state index contributed by atoms with van der Waals surface area (Å²) < 4.78 is 5.50. The molecule has 2 aliphatic heterocycles. The molecular weight excluding hydrogens is 380 g/mol. The molecule has 2 saturated heterocycles. The van der Waals surface area contributed by atoms with Crippen LogP contribution in [0.4, 0.5) is 4.79 Å². The number of likely N-dealkylation sites (tertiary alicyclic amines) is 2. The number of rotatable bonds is 4. The zero-order chi connectivity index (χ0) is 21.9. The van der Waals surface area contributed by atoms with Crippen LogP contribution >= 0.6 is 0 Å². The highest BCUT2D eigenvalue weighted by Crippen LogP contribution is 2.57. The zero-order valence-corrected chi connectivity index (χ0v) is 18.2. The molecule has 1 aromatic heterocycles. The van der Waals surface area contributed by atoms with E-state index in [-0.39, 0.29) is 18.0 Å². The van der Waals surface area contributed by atoms with Gasteiger partial charge in [0.25, 0.3) is 0 Å². The Labute approximate surface area is 178 Å². The molecule has 7 heteroatoms. The first-order chi connectivity index (χ1) is 14.2. The number of aliphatic imine (C=N–C) groups is 1. The van der Waals surface area contributed by atoms with Gasteiger partial charge in [-0.2, -0.15) is 0 Å². The van der Waals surface area contributed by atoms with E-state index in [9.17, 15) is 9.59 Å². The van der Waals surface area contributed by atoms with Gasteiger partial charge in [0.2, 0.25) is 5.91 Å². The molecule has 30 heavy (non-hydrogen) atoms. The minimum absolute atomic E-state index is 0.0591. The fraction of sp³-hybridized carbons (Fsp3) is 0.478. The third-order valence-electron chi connectivity index (χ3n) is 5.62. The van der Waals surface area contributed by atoms with Crippen LogP contribution in [-0.2, 0) is 9.53 Å². The lowest BCUT2D eigenvalue weighted by Crippen LogP contribution is -2.66. The summed E-state index contributed by atoms with van der Waals surface area (Å²) in [6, 6.07) is 3.73. The van der Waals surface area contributed by atoms with Crippen LogP contribution < -0.4 is 0 Å². The van der Waals surface area contributed by atoms with Crippen LogP contribution in [0.15, 0.2) is 54.1 Å². The van der Waals surface area contributed by atoms with E-state index < -0.39 is 11.0 Å². The highest BCUT2D eigenvalue weighted by molar-refractivity contribution is 5.97. The molecule has 0 radical (unpaired) electrons. The van der Waals surface area contributed by atoms with Gasteiger partial charge in [0.05, 0.1) is 23.4 Å². The number of allylic oxidation sites excluding steroid dienone is 2. The monoisotopic (exact) mass is 410 g/mol. The number of aromatic nitrogens is 1. The second-order valence-electron chi connectivity index (χ2n) is 8.66. The number of ether oxygens (including phenoxy) is 1. The third kappa shape index (κ3) is 4.01. The first kappa shape index (κ1) is 21.7. The van der Waals surface area contributed by atoms with Crippen LogP contribution in [-0.4, -0.2) is 51.7 Å². The average molecular weight is 411 g/mol. The molecule has 160 valence electrons. The van der Waals surface area contributed by atoms with Crippen molar-refractivity contribution in [3.05, 3.63) is 54.6 Å². The van der Waals surface area contributed by atoms with Crippen molar-refractivity contribution in [2.45, 2.75) is 52.2 Å². The maximum Gasteiger partial charge on any atom is 0.410 e. The van der Waals surface area contributed by atoms with Gasteiger partial charge in [0.1, 0.15) is 5.60 Å². The first-order valence-corrected chi connectivity index (χ1v) is 10.3. The Hall–Kier alpha value is -2.96. The number of carbonyl (C=O) groups excluding carboxylic acids is 2. The van der Waals surface area contributed by atoms with Gasteiger partial charge in [-0.1, -0.05) is 18.7 Å². The fourth-order valence-corrected chi connectivity index (χ4v) is 4.23. The van der Waals surface area contributed by atoms with E-state index >= 15 is 0 Å². The summed E-state index contributed by atoms with van der Waals surface area (Å²) >= 11 is 0. The van der Waals surface area contributed by atoms with Gasteiger partial charge in [-0.05, 0) is 52.2 Å². The van der Waals surface area contributed by atoms with Crippen LogP contribution in [0.3, 0.4) is 0 Å². The number of piperidine rings is 1. The fourth-order valence-electron chi connectivity index (χ4n) is 4.23. The Morgan fingerprint density at radius 3 is 2.60 bits per heavy atom. The van der Waals surface area contributed by atoms with Gasteiger partial charge in [0, 0.05) is 31.7 Å². The molecule has 0 aromatic carbocycles. The highest BCUT2D eigenvalue weighted by Gasteiger charge is 2.62. The van der Waals surface area contributed by atoms with E-state index in [1.807, 2.05) is 52.1 Å². The molecule has 1 unspecified atom stereocenters. The van der Waals surface area contributed by atoms with Gasteiger partial charge in [0.15, 0.2) is 0 Å². The SMILES string of the molecule is C=CN=C/C(=C\C)N1C(=O)C2(CCN(C(=O)OC(C)(C)C)CC2)C1c1cccnc1. The van der Waals surface area contributed by atoms with Gasteiger partial charge in [-0.3, -0.25) is 14.8 Å². The topological polar surface area (TPSA) is 75.1 Å². The first-order valence-electron chi connectivity index (χ1n) is 10.3. The number of hydrogen-bond acceptors (Lipinski definition) is 5. The molecule has 1 aromatic rings. The predicted molar refractivity (Wildman–Crippen MR) is 116 cm³/mol. The zero-order valence-electron chi connectivity index (χ0n) is 18.2. The number of amides is 2. The van der Waals surface area contributed by atoms with Crippen LogP contribution in [0.2, 0.25) is 0 Å². The van der Waals surface area contributed by atoms with Crippen molar-refractivity contribution >= 4 is 18.2 Å². The largest absolute Gasteiger partial charge is 0.444 e. The quantitative estimate of drug-likeness (QED) is 0.553. The Bertz CT molecular complexity index is 862. The lowest BCUT2D eigenvalue weighted by molar-refractivity contribution is -0.174. The maximum atomic E-state index is 13.4. The Morgan fingerprint density at radius 2 is 2.07 bits per heavy atom. The van der Waals surface area contributed by atoms with Crippen molar-refractivity contribution in [1.29, 1.82) is 0 Å². The molecule has 7 nitrogen and oxygen atoms in total. The lowest BCUT2D eigenvalue weighted by Gasteiger charge is -2.58. The highest BCUT2D eigenvalue weighted by atomic mass is 16.6. The van der Waals surface area contributed by atoms with E-state index in [2.05, 4.69) is 16.6 Å². The molecule has 0 bridgehead atoms. The molecule has 3 heterocycles. The Balaban J connectivity index is 1.86. The number of carbonyl (C=O) groups is 2.